The molecule has 134 valence electrons. The number of benzene rings is 2. The Morgan fingerprint density at radius 3 is 2.08 bits per heavy atom. The summed E-state index contributed by atoms with van der Waals surface area (Å²) in [7, 11) is 0. The molecule has 0 spiro atoms. The predicted octanol–water partition coefficient (Wildman–Crippen LogP) is 5.56. The fourth-order valence-corrected chi connectivity index (χ4v) is 3.07. The third-order valence-electron chi connectivity index (χ3n) is 4.79. The maximum absolute atomic E-state index is 12.6. The number of aryl methyl sites for hydroxylation is 3. The van der Waals surface area contributed by atoms with Gasteiger partial charge in [-0.25, -0.2) is 0 Å². The number of hydrogen-bond donors (Lipinski definition) is 2. The fraction of sp³-hybridized carbons (Fsp3) is 0.409. The van der Waals surface area contributed by atoms with Crippen molar-refractivity contribution in [2.24, 2.45) is 0 Å². The molecule has 0 aliphatic carbocycles. The molecule has 0 saturated heterocycles. The summed E-state index contributed by atoms with van der Waals surface area (Å²) in [6.07, 6.45) is 1.13. The number of hydrogen-bond acceptors (Lipinski definition) is 2. The van der Waals surface area contributed by atoms with Gasteiger partial charge in [0.1, 0.15) is 6.04 Å². The molecule has 1 amide bonds. The first-order valence-corrected chi connectivity index (χ1v) is 9.07. The first kappa shape index (κ1) is 19.0. The van der Waals surface area contributed by atoms with E-state index < -0.39 is 0 Å². The topological polar surface area (TPSA) is 41.1 Å². The molecule has 0 fully saturated rings. The molecule has 0 radical (unpaired) electrons. The van der Waals surface area contributed by atoms with Gasteiger partial charge in [-0.3, -0.25) is 4.79 Å². The Morgan fingerprint density at radius 1 is 1.00 bits per heavy atom. The predicted molar refractivity (Wildman–Crippen MR) is 108 cm³/mol. The number of carbonyl (C=O) groups is 1. The Morgan fingerprint density at radius 2 is 1.56 bits per heavy atom. The Balaban J connectivity index is 2.03. The van der Waals surface area contributed by atoms with E-state index in [1.807, 2.05) is 32.9 Å². The highest BCUT2D eigenvalue weighted by atomic mass is 16.2. The smallest absolute Gasteiger partial charge is 0.246 e. The molecule has 0 aliphatic heterocycles. The lowest BCUT2D eigenvalue weighted by Gasteiger charge is -2.18. The van der Waals surface area contributed by atoms with E-state index in [1.54, 1.807) is 0 Å². The van der Waals surface area contributed by atoms with Gasteiger partial charge >= 0.3 is 0 Å². The highest BCUT2D eigenvalue weighted by molar-refractivity contribution is 5.97. The van der Waals surface area contributed by atoms with Gasteiger partial charge < -0.3 is 10.6 Å². The lowest BCUT2D eigenvalue weighted by atomic mass is 9.98. The normalized spacial score (nSPS) is 13.2. The van der Waals surface area contributed by atoms with Crippen LogP contribution in [0.2, 0.25) is 0 Å². The standard InChI is InChI=1S/C22H30N2O/c1-7-15(3)19-8-10-20(11-9-19)23-18(6)22(25)24-21-16(4)12-14(2)13-17(21)5/h8-13,15,18,23H,7H2,1-6H3,(H,24,25)/t15-,18+/m1/s1. The van der Waals surface area contributed by atoms with Crippen LogP contribution in [0.4, 0.5) is 11.4 Å². The van der Waals surface area contributed by atoms with E-state index in [2.05, 4.69) is 55.7 Å². The molecule has 0 heterocycles. The van der Waals surface area contributed by atoms with Crippen molar-refractivity contribution in [2.45, 2.75) is 59.9 Å². The van der Waals surface area contributed by atoms with E-state index >= 15 is 0 Å². The Bertz CT molecular complexity index is 711. The first-order valence-electron chi connectivity index (χ1n) is 9.07. The molecular weight excluding hydrogens is 308 g/mol. The van der Waals surface area contributed by atoms with E-state index in [9.17, 15) is 4.79 Å². The maximum atomic E-state index is 12.6. The van der Waals surface area contributed by atoms with E-state index in [-0.39, 0.29) is 11.9 Å². The van der Waals surface area contributed by atoms with Crippen LogP contribution in [0, 0.1) is 20.8 Å². The average Bonchev–Trinajstić information content (AvgIpc) is 2.57. The summed E-state index contributed by atoms with van der Waals surface area (Å²) in [6.45, 7) is 12.4. The largest absolute Gasteiger partial charge is 0.374 e. The molecule has 0 unspecified atom stereocenters. The lowest BCUT2D eigenvalue weighted by molar-refractivity contribution is -0.116. The quantitative estimate of drug-likeness (QED) is 0.723. The summed E-state index contributed by atoms with van der Waals surface area (Å²) in [5.41, 5.74) is 6.60. The first-order chi connectivity index (χ1) is 11.8. The van der Waals surface area contributed by atoms with Crippen LogP contribution in [0.25, 0.3) is 0 Å². The summed E-state index contributed by atoms with van der Waals surface area (Å²) >= 11 is 0. The molecule has 0 aliphatic rings. The number of anilines is 2. The highest BCUT2D eigenvalue weighted by Crippen LogP contribution is 2.23. The van der Waals surface area contributed by atoms with Crippen LogP contribution in [-0.2, 0) is 4.79 Å². The molecule has 0 saturated carbocycles. The van der Waals surface area contributed by atoms with Crippen molar-refractivity contribution in [1.82, 2.24) is 0 Å². The molecule has 2 N–H and O–H groups in total. The van der Waals surface area contributed by atoms with Gasteiger partial charge in [-0.2, -0.15) is 0 Å². The van der Waals surface area contributed by atoms with Crippen LogP contribution in [0.1, 0.15) is 55.4 Å². The fourth-order valence-electron chi connectivity index (χ4n) is 3.07. The van der Waals surface area contributed by atoms with E-state index in [4.69, 9.17) is 0 Å². The molecule has 3 nitrogen and oxygen atoms in total. The maximum Gasteiger partial charge on any atom is 0.246 e. The van der Waals surface area contributed by atoms with Gasteiger partial charge in [0.2, 0.25) is 5.91 Å². The van der Waals surface area contributed by atoms with Crippen LogP contribution < -0.4 is 10.6 Å². The number of nitrogens with one attached hydrogen (secondary N) is 2. The molecule has 25 heavy (non-hydrogen) atoms. The van der Waals surface area contributed by atoms with Crippen molar-refractivity contribution < 1.29 is 4.79 Å². The van der Waals surface area contributed by atoms with Gasteiger partial charge in [0, 0.05) is 11.4 Å². The second kappa shape index (κ2) is 8.19. The van der Waals surface area contributed by atoms with Gasteiger partial charge in [-0.05, 0) is 68.9 Å². The van der Waals surface area contributed by atoms with Crippen LogP contribution in [0.15, 0.2) is 36.4 Å². The molecule has 2 aromatic carbocycles. The summed E-state index contributed by atoms with van der Waals surface area (Å²) in [4.78, 5) is 12.6. The van der Waals surface area contributed by atoms with Gasteiger partial charge in [0.05, 0.1) is 0 Å². The SMILES string of the molecule is CC[C@@H](C)c1ccc(N[C@@H](C)C(=O)Nc2c(C)cc(C)cc2C)cc1. The molecule has 2 rings (SSSR count). The Kier molecular flexibility index (Phi) is 6.24. The zero-order chi connectivity index (χ0) is 18.6. The third kappa shape index (κ3) is 4.85. The summed E-state index contributed by atoms with van der Waals surface area (Å²) < 4.78 is 0. The summed E-state index contributed by atoms with van der Waals surface area (Å²) in [5, 5.41) is 6.35. The molecule has 2 atom stereocenters. The zero-order valence-corrected chi connectivity index (χ0v) is 16.2. The zero-order valence-electron chi connectivity index (χ0n) is 16.2. The number of amides is 1. The monoisotopic (exact) mass is 338 g/mol. The highest BCUT2D eigenvalue weighted by Gasteiger charge is 2.15. The third-order valence-corrected chi connectivity index (χ3v) is 4.79. The average molecular weight is 338 g/mol. The minimum Gasteiger partial charge on any atom is -0.374 e. The van der Waals surface area contributed by atoms with E-state index in [0.717, 1.165) is 28.9 Å². The van der Waals surface area contributed by atoms with Crippen molar-refractivity contribution in [3.8, 4) is 0 Å². The number of carbonyl (C=O) groups excluding carboxylic acids is 1. The Labute approximate surface area is 151 Å². The van der Waals surface area contributed by atoms with Crippen molar-refractivity contribution in [3.05, 3.63) is 58.7 Å². The van der Waals surface area contributed by atoms with Crippen molar-refractivity contribution >= 4 is 17.3 Å². The van der Waals surface area contributed by atoms with Crippen LogP contribution in [-0.4, -0.2) is 11.9 Å². The minimum absolute atomic E-state index is 0.0268. The van der Waals surface area contributed by atoms with Crippen LogP contribution in [0.5, 0.6) is 0 Å². The summed E-state index contributed by atoms with van der Waals surface area (Å²) in [6, 6.07) is 12.2. The second-order valence-electron chi connectivity index (χ2n) is 7.06. The van der Waals surface area contributed by atoms with Gasteiger partial charge in [0.15, 0.2) is 0 Å². The Hall–Kier alpha value is -2.29. The van der Waals surface area contributed by atoms with Gasteiger partial charge in [-0.1, -0.05) is 43.7 Å². The molecule has 0 aromatic heterocycles. The molecular formula is C22H30N2O. The van der Waals surface area contributed by atoms with E-state index in [0.29, 0.717) is 5.92 Å². The molecule has 3 heteroatoms. The van der Waals surface area contributed by atoms with Gasteiger partial charge in [-0.15, -0.1) is 0 Å². The van der Waals surface area contributed by atoms with Crippen LogP contribution >= 0.6 is 0 Å². The molecule has 2 aromatic rings. The number of rotatable bonds is 6. The van der Waals surface area contributed by atoms with Gasteiger partial charge in [0.25, 0.3) is 0 Å². The van der Waals surface area contributed by atoms with Crippen molar-refractivity contribution in [3.63, 3.8) is 0 Å². The second-order valence-corrected chi connectivity index (χ2v) is 7.06. The van der Waals surface area contributed by atoms with Crippen molar-refractivity contribution in [1.29, 1.82) is 0 Å². The van der Waals surface area contributed by atoms with Crippen LogP contribution in [0.3, 0.4) is 0 Å². The molecule has 0 bridgehead atoms. The van der Waals surface area contributed by atoms with Crippen molar-refractivity contribution in [2.75, 3.05) is 10.6 Å². The summed E-state index contributed by atoms with van der Waals surface area (Å²) in [5.74, 6) is 0.531. The lowest BCUT2D eigenvalue weighted by Crippen LogP contribution is -2.32. The minimum atomic E-state index is -0.311. The van der Waals surface area contributed by atoms with E-state index in [1.165, 1.54) is 11.1 Å².